The van der Waals surface area contributed by atoms with Crippen molar-refractivity contribution in [1.29, 1.82) is 0 Å². The first-order valence-corrected chi connectivity index (χ1v) is 21.0. The molecular formula is C57H36N4O2. The Hall–Kier alpha value is -8.61. The van der Waals surface area contributed by atoms with Gasteiger partial charge in [0.2, 0.25) is 0 Å². The maximum atomic E-state index is 6.63. The van der Waals surface area contributed by atoms with Gasteiger partial charge in [-0.1, -0.05) is 152 Å². The summed E-state index contributed by atoms with van der Waals surface area (Å²) in [5.41, 5.74) is 13.6. The zero-order valence-electron chi connectivity index (χ0n) is 33.9. The Balaban J connectivity index is 0.932. The molecule has 0 radical (unpaired) electrons. The lowest BCUT2D eigenvalue weighted by Gasteiger charge is -2.26. The molecule has 0 aliphatic heterocycles. The van der Waals surface area contributed by atoms with Crippen LogP contribution in [-0.4, -0.2) is 15.0 Å². The van der Waals surface area contributed by atoms with Crippen molar-refractivity contribution in [3.8, 4) is 56.4 Å². The van der Waals surface area contributed by atoms with E-state index in [-0.39, 0.29) is 0 Å². The first kappa shape index (κ1) is 36.3. The second-order valence-corrected chi connectivity index (χ2v) is 15.6. The number of furan rings is 2. The summed E-state index contributed by atoms with van der Waals surface area (Å²) in [7, 11) is 0. The number of fused-ring (bicyclic) bond motifs is 6. The van der Waals surface area contributed by atoms with Gasteiger partial charge in [-0.15, -0.1) is 0 Å². The van der Waals surface area contributed by atoms with Crippen LogP contribution in [0.25, 0.3) is 100 Å². The van der Waals surface area contributed by atoms with Gasteiger partial charge in [0.05, 0.1) is 0 Å². The summed E-state index contributed by atoms with van der Waals surface area (Å²) in [6.07, 6.45) is 0. The number of aromatic nitrogens is 3. The SMILES string of the molecule is c1ccc(-c2ccc(N(c3ccccc3)c3ccc(-c4ccc5c(c4)oc4cccc(-c6nc(-c7ccccc7)nc(-c7cccc8oc9ccccc9c78)n6)c45)cc3)cc2)cc1. The second-order valence-electron chi connectivity index (χ2n) is 15.6. The van der Waals surface area contributed by atoms with Crippen molar-refractivity contribution in [2.24, 2.45) is 0 Å². The lowest BCUT2D eigenvalue weighted by Crippen LogP contribution is -2.09. The van der Waals surface area contributed by atoms with Gasteiger partial charge in [-0.25, -0.2) is 15.0 Å². The number of hydrogen-bond acceptors (Lipinski definition) is 6. The lowest BCUT2D eigenvalue weighted by molar-refractivity contribution is 0.668. The van der Waals surface area contributed by atoms with Gasteiger partial charge < -0.3 is 13.7 Å². The molecule has 0 atom stereocenters. The molecule has 0 aliphatic carbocycles. The van der Waals surface area contributed by atoms with Crippen LogP contribution in [-0.2, 0) is 0 Å². The lowest BCUT2D eigenvalue weighted by atomic mass is 10.0. The van der Waals surface area contributed by atoms with E-state index >= 15 is 0 Å². The molecule has 6 heteroatoms. The summed E-state index contributed by atoms with van der Waals surface area (Å²) in [5.74, 6) is 1.72. The topological polar surface area (TPSA) is 68.2 Å². The molecule has 6 nitrogen and oxygen atoms in total. The van der Waals surface area contributed by atoms with Crippen LogP contribution in [0.2, 0.25) is 0 Å². The molecular weight excluding hydrogens is 773 g/mol. The van der Waals surface area contributed by atoms with Crippen LogP contribution >= 0.6 is 0 Å². The van der Waals surface area contributed by atoms with Crippen molar-refractivity contribution < 1.29 is 8.83 Å². The fraction of sp³-hybridized carbons (Fsp3) is 0. The average Bonchev–Trinajstić information content (AvgIpc) is 3.94. The summed E-state index contributed by atoms with van der Waals surface area (Å²) in [5, 5.41) is 3.93. The fourth-order valence-electron chi connectivity index (χ4n) is 8.75. The predicted molar refractivity (Wildman–Crippen MR) is 256 cm³/mol. The molecule has 63 heavy (non-hydrogen) atoms. The van der Waals surface area contributed by atoms with E-state index in [1.807, 2.05) is 84.9 Å². The van der Waals surface area contributed by atoms with E-state index in [1.165, 1.54) is 11.1 Å². The molecule has 0 aliphatic rings. The molecule has 296 valence electrons. The summed E-state index contributed by atoms with van der Waals surface area (Å²) in [4.78, 5) is 17.7. The van der Waals surface area contributed by atoms with Gasteiger partial charge in [0, 0.05) is 55.3 Å². The largest absolute Gasteiger partial charge is 0.456 e. The van der Waals surface area contributed by atoms with E-state index in [9.17, 15) is 0 Å². The normalized spacial score (nSPS) is 11.5. The highest BCUT2D eigenvalue weighted by atomic mass is 16.3. The number of hydrogen-bond donors (Lipinski definition) is 0. The molecule has 0 unspecified atom stereocenters. The van der Waals surface area contributed by atoms with Crippen LogP contribution in [0.4, 0.5) is 17.1 Å². The fourth-order valence-corrected chi connectivity index (χ4v) is 8.75. The summed E-state index contributed by atoms with van der Waals surface area (Å²) in [6.45, 7) is 0. The minimum Gasteiger partial charge on any atom is -0.456 e. The Labute approximate surface area is 363 Å². The Morgan fingerprint density at radius 2 is 0.714 bits per heavy atom. The van der Waals surface area contributed by atoms with Crippen LogP contribution in [0, 0.1) is 0 Å². The van der Waals surface area contributed by atoms with Gasteiger partial charge in [0.25, 0.3) is 0 Å². The van der Waals surface area contributed by atoms with Gasteiger partial charge in [-0.2, -0.15) is 0 Å². The second kappa shape index (κ2) is 15.1. The highest BCUT2D eigenvalue weighted by molar-refractivity contribution is 6.13. The van der Waals surface area contributed by atoms with Crippen LogP contribution in [0.3, 0.4) is 0 Å². The first-order chi connectivity index (χ1) is 31.2. The van der Waals surface area contributed by atoms with Crippen molar-refractivity contribution in [2.75, 3.05) is 4.90 Å². The highest BCUT2D eigenvalue weighted by Gasteiger charge is 2.21. The molecule has 0 spiro atoms. The van der Waals surface area contributed by atoms with Gasteiger partial charge >= 0.3 is 0 Å². The van der Waals surface area contributed by atoms with Crippen molar-refractivity contribution in [3.05, 3.63) is 218 Å². The van der Waals surface area contributed by atoms with Crippen molar-refractivity contribution in [2.45, 2.75) is 0 Å². The van der Waals surface area contributed by atoms with Crippen LogP contribution in [0.5, 0.6) is 0 Å². The Bertz CT molecular complexity index is 3600. The van der Waals surface area contributed by atoms with E-state index in [0.717, 1.165) is 88.8 Å². The summed E-state index contributed by atoms with van der Waals surface area (Å²) < 4.78 is 12.9. The van der Waals surface area contributed by atoms with Crippen LogP contribution in [0.15, 0.2) is 227 Å². The van der Waals surface area contributed by atoms with Crippen molar-refractivity contribution >= 4 is 60.9 Å². The Kier molecular flexibility index (Phi) is 8.71. The molecule has 0 saturated heterocycles. The third-order valence-electron chi connectivity index (χ3n) is 11.8. The van der Waals surface area contributed by atoms with Gasteiger partial charge in [-0.05, 0) is 89.0 Å². The van der Waals surface area contributed by atoms with E-state index in [0.29, 0.717) is 17.5 Å². The monoisotopic (exact) mass is 808 g/mol. The van der Waals surface area contributed by atoms with Gasteiger partial charge in [-0.3, -0.25) is 0 Å². The quantitative estimate of drug-likeness (QED) is 0.152. The summed E-state index contributed by atoms with van der Waals surface area (Å²) >= 11 is 0. The number of para-hydroxylation sites is 2. The maximum absolute atomic E-state index is 6.63. The molecule has 0 amide bonds. The molecule has 0 bridgehead atoms. The zero-order valence-corrected chi connectivity index (χ0v) is 33.9. The Morgan fingerprint density at radius 3 is 1.33 bits per heavy atom. The first-order valence-electron chi connectivity index (χ1n) is 21.0. The molecule has 0 fully saturated rings. The molecule has 3 aromatic heterocycles. The molecule has 12 aromatic rings. The molecule has 3 heterocycles. The van der Waals surface area contributed by atoms with E-state index < -0.39 is 0 Å². The predicted octanol–water partition coefficient (Wildman–Crippen LogP) is 15.5. The van der Waals surface area contributed by atoms with E-state index in [4.69, 9.17) is 23.8 Å². The minimum absolute atomic E-state index is 0.564. The number of rotatable bonds is 8. The molecule has 0 saturated carbocycles. The van der Waals surface area contributed by atoms with Crippen LogP contribution in [0.1, 0.15) is 0 Å². The van der Waals surface area contributed by atoms with Crippen molar-refractivity contribution in [3.63, 3.8) is 0 Å². The smallest absolute Gasteiger partial charge is 0.164 e. The van der Waals surface area contributed by atoms with E-state index in [1.54, 1.807) is 0 Å². The number of benzene rings is 9. The molecule has 0 N–H and O–H groups in total. The van der Waals surface area contributed by atoms with Gasteiger partial charge in [0.1, 0.15) is 22.3 Å². The molecule has 9 aromatic carbocycles. The number of anilines is 3. The van der Waals surface area contributed by atoms with Crippen molar-refractivity contribution in [1.82, 2.24) is 15.0 Å². The third kappa shape index (κ3) is 6.49. The van der Waals surface area contributed by atoms with Gasteiger partial charge in [0.15, 0.2) is 17.5 Å². The van der Waals surface area contributed by atoms with Crippen LogP contribution < -0.4 is 4.90 Å². The van der Waals surface area contributed by atoms with E-state index in [2.05, 4.69) is 138 Å². The minimum atomic E-state index is 0.564. The maximum Gasteiger partial charge on any atom is 0.164 e. The molecule has 12 rings (SSSR count). The Morgan fingerprint density at radius 1 is 0.286 bits per heavy atom. The number of nitrogens with zero attached hydrogens (tertiary/aromatic N) is 4. The zero-order chi connectivity index (χ0) is 41.7. The highest BCUT2D eigenvalue weighted by Crippen LogP contribution is 2.41. The standard InChI is InChI=1S/C57H36N4O2/c1-4-14-37(15-5-1)38-26-31-43(32-27-38)61(42-18-8-3-9-19-42)44-33-28-39(29-34-44)41-30-35-46-52(36-41)63-51-25-13-22-48(54(46)51)57-59-55(40-16-6-2-7-17-40)58-56(60-57)47-21-12-24-50-53(47)45-20-10-11-23-49(45)62-50/h1-36H. The average molecular weight is 809 g/mol. The third-order valence-corrected chi connectivity index (χ3v) is 11.8. The summed E-state index contributed by atoms with van der Waals surface area (Å²) in [6, 6.07) is 75.2.